The van der Waals surface area contributed by atoms with Crippen molar-refractivity contribution in [2.45, 2.75) is 12.8 Å². The number of nitrogens with zero attached hydrogens (tertiary/aromatic N) is 5. The Morgan fingerprint density at radius 3 is 1.94 bits per heavy atom. The third-order valence-corrected chi connectivity index (χ3v) is 13.0. The first kappa shape index (κ1) is 35.0. The lowest BCUT2D eigenvalue weighted by atomic mass is 10.00. The summed E-state index contributed by atoms with van der Waals surface area (Å²) in [4.78, 5) is 0. The van der Waals surface area contributed by atoms with E-state index in [2.05, 4.69) is 129 Å². The van der Waals surface area contributed by atoms with Gasteiger partial charge in [-0.2, -0.15) is 10.5 Å². The molecular weight excluding hydrogens is 775 g/mol. The van der Waals surface area contributed by atoms with Crippen LogP contribution in [0.3, 0.4) is 0 Å². The minimum Gasteiger partial charge on any atom is -0.464 e. The largest absolute Gasteiger partial charge is 0.464 e. The highest BCUT2D eigenvalue weighted by atomic mass is 16.5. The Hall–Kier alpha value is -8.78. The van der Waals surface area contributed by atoms with Crippen LogP contribution in [0.15, 0.2) is 169 Å². The minimum atomic E-state index is 0.351. The molecule has 0 saturated heterocycles. The van der Waals surface area contributed by atoms with Gasteiger partial charge in [0.1, 0.15) is 29.1 Å². The molecule has 2 aliphatic rings. The molecule has 5 heterocycles. The van der Waals surface area contributed by atoms with Gasteiger partial charge in [0.2, 0.25) is 0 Å². The van der Waals surface area contributed by atoms with Crippen molar-refractivity contribution >= 4 is 88.1 Å². The average Bonchev–Trinajstić information content (AvgIpc) is 4.06. The van der Waals surface area contributed by atoms with E-state index in [-0.39, 0.29) is 0 Å². The quantitative estimate of drug-likeness (QED) is 0.178. The maximum Gasteiger partial charge on any atom is 0.145 e. The van der Waals surface area contributed by atoms with Gasteiger partial charge in [-0.05, 0) is 90.7 Å². The summed E-state index contributed by atoms with van der Waals surface area (Å²) in [6.07, 6.45) is 13.7. The molecule has 0 N–H and O–H groups in total. The Morgan fingerprint density at radius 1 is 0.556 bits per heavy atom. The summed E-state index contributed by atoms with van der Waals surface area (Å²) in [6, 6.07) is 48.6. The van der Waals surface area contributed by atoms with Crippen LogP contribution in [-0.4, -0.2) is 13.7 Å². The zero-order valence-corrected chi connectivity index (χ0v) is 33.8. The lowest BCUT2D eigenvalue weighted by Gasteiger charge is -2.25. The number of benzene rings is 7. The van der Waals surface area contributed by atoms with Crippen LogP contribution < -0.4 is 4.74 Å². The molecule has 0 unspecified atom stereocenters. The van der Waals surface area contributed by atoms with Crippen molar-refractivity contribution in [1.82, 2.24) is 13.7 Å². The first-order valence-electron chi connectivity index (χ1n) is 21.0. The fraction of sp³-hybridized carbons (Fsp3) is 0.0357. The number of fused-ring (bicyclic) bond motifs is 15. The number of allylic oxidation sites excluding steroid dienone is 5. The molecule has 0 amide bonds. The molecule has 7 nitrogen and oxygen atoms in total. The number of hydrogen-bond donors (Lipinski definition) is 0. The van der Waals surface area contributed by atoms with Crippen LogP contribution >= 0.6 is 0 Å². The van der Waals surface area contributed by atoms with E-state index in [0.717, 1.165) is 106 Å². The summed E-state index contributed by atoms with van der Waals surface area (Å²) < 4.78 is 20.0. The van der Waals surface area contributed by atoms with Gasteiger partial charge in [0.05, 0.1) is 72.8 Å². The van der Waals surface area contributed by atoms with Crippen LogP contribution in [0.2, 0.25) is 0 Å². The monoisotopic (exact) mass is 807 g/mol. The van der Waals surface area contributed by atoms with E-state index in [9.17, 15) is 10.5 Å². The maximum atomic E-state index is 11.5. The summed E-state index contributed by atoms with van der Waals surface area (Å²) >= 11 is 0. The molecule has 0 fully saturated rings. The highest BCUT2D eigenvalue weighted by molar-refractivity contribution is 6.24. The van der Waals surface area contributed by atoms with Gasteiger partial charge >= 0.3 is 0 Å². The number of aromatic nitrogens is 3. The first-order chi connectivity index (χ1) is 31.1. The molecule has 4 aromatic heterocycles. The van der Waals surface area contributed by atoms with Crippen molar-refractivity contribution in [2.75, 3.05) is 0 Å². The fourth-order valence-electron chi connectivity index (χ4n) is 10.4. The zero-order chi connectivity index (χ0) is 41.9. The van der Waals surface area contributed by atoms with E-state index in [1.807, 2.05) is 54.6 Å². The molecule has 7 heteroatoms. The molecular formula is C56H33N5O2. The van der Waals surface area contributed by atoms with E-state index in [4.69, 9.17) is 9.15 Å². The fourth-order valence-corrected chi connectivity index (χ4v) is 10.4. The van der Waals surface area contributed by atoms with Crippen LogP contribution in [0.4, 0.5) is 0 Å². The third kappa shape index (κ3) is 4.71. The summed E-state index contributed by atoms with van der Waals surface area (Å²) in [7, 11) is 0. The maximum absolute atomic E-state index is 11.5. The van der Waals surface area contributed by atoms with Gasteiger partial charge in [-0.15, -0.1) is 0 Å². The SMILES string of the molecule is C=C1/C=C\C=C/Oc2c1ccc1c2c2ccccc2n1-c1c(C#N)cc(C#N)c(-n2c3c(c4ccccc42)CCC=C3)c1-n1c2ccccc2c2c3oc4ccccc4c3ccc21. The van der Waals surface area contributed by atoms with E-state index < -0.39 is 0 Å². The molecule has 0 saturated carbocycles. The van der Waals surface area contributed by atoms with Crippen molar-refractivity contribution < 1.29 is 9.15 Å². The predicted molar refractivity (Wildman–Crippen MR) is 254 cm³/mol. The second kappa shape index (κ2) is 13.1. The highest BCUT2D eigenvalue weighted by Gasteiger charge is 2.32. The summed E-state index contributed by atoms with van der Waals surface area (Å²) in [5.74, 6) is 0.682. The van der Waals surface area contributed by atoms with Gasteiger partial charge in [-0.3, -0.25) is 0 Å². The second-order valence-electron chi connectivity index (χ2n) is 16.2. The number of ether oxygens (including phenoxy) is 1. The molecule has 0 atom stereocenters. The molecule has 13 rings (SSSR count). The molecule has 63 heavy (non-hydrogen) atoms. The molecule has 7 aromatic carbocycles. The van der Waals surface area contributed by atoms with Crippen molar-refractivity contribution in [3.8, 4) is 35.0 Å². The van der Waals surface area contributed by atoms with Crippen LogP contribution in [-0.2, 0) is 6.42 Å². The van der Waals surface area contributed by atoms with Crippen molar-refractivity contribution in [3.05, 3.63) is 192 Å². The summed E-state index contributed by atoms with van der Waals surface area (Å²) in [6.45, 7) is 4.40. The van der Waals surface area contributed by atoms with Crippen LogP contribution in [0, 0.1) is 22.7 Å². The Balaban J connectivity index is 1.29. The van der Waals surface area contributed by atoms with Crippen LogP contribution in [0.5, 0.6) is 5.75 Å². The topological polar surface area (TPSA) is 84.7 Å². The van der Waals surface area contributed by atoms with Gasteiger partial charge in [0.25, 0.3) is 0 Å². The average molecular weight is 808 g/mol. The number of para-hydroxylation sites is 4. The molecule has 1 aliphatic heterocycles. The molecule has 11 aromatic rings. The highest BCUT2D eigenvalue weighted by Crippen LogP contribution is 2.49. The number of aryl methyl sites for hydroxylation is 1. The standard InChI is InChI=1S/C56H33N5O2/c1-33-14-12-13-29-62-55-36(33)25-27-47-50(55)41-18-4-9-22-45(41)60(47)53-35(32-58)30-34(31-57)52(59-43-20-7-2-15-37(43)38-16-3-8-21-44(38)59)54(53)61-46-23-10-5-19-42(46)51-48(61)28-26-40-39-17-6-11-24-49(39)63-56(40)51/h2,4-15,17-30H,1,3,16H2/b14-12-,29-13-. The van der Waals surface area contributed by atoms with Gasteiger partial charge in [-0.1, -0.05) is 97.6 Å². The van der Waals surface area contributed by atoms with Crippen molar-refractivity contribution in [3.63, 3.8) is 0 Å². The van der Waals surface area contributed by atoms with Gasteiger partial charge in [0.15, 0.2) is 0 Å². The Kier molecular flexibility index (Phi) is 7.29. The van der Waals surface area contributed by atoms with Crippen LogP contribution in [0.1, 0.15) is 34.4 Å². The normalized spacial score (nSPS) is 14.5. The number of rotatable bonds is 3. The van der Waals surface area contributed by atoms with Crippen LogP contribution in [0.25, 0.3) is 105 Å². The molecule has 0 radical (unpaired) electrons. The molecule has 0 bridgehead atoms. The third-order valence-electron chi connectivity index (χ3n) is 13.0. The molecule has 294 valence electrons. The minimum absolute atomic E-state index is 0.351. The van der Waals surface area contributed by atoms with Gasteiger partial charge in [0, 0.05) is 38.2 Å². The summed E-state index contributed by atoms with van der Waals surface area (Å²) in [5.41, 5.74) is 12.8. The van der Waals surface area contributed by atoms with E-state index in [1.54, 1.807) is 12.3 Å². The second-order valence-corrected chi connectivity index (χ2v) is 16.2. The van der Waals surface area contributed by atoms with Crippen molar-refractivity contribution in [2.24, 2.45) is 0 Å². The van der Waals surface area contributed by atoms with Gasteiger partial charge < -0.3 is 22.9 Å². The number of hydrogen-bond acceptors (Lipinski definition) is 4. The van der Waals surface area contributed by atoms with Crippen molar-refractivity contribution in [1.29, 1.82) is 10.5 Å². The molecule has 0 spiro atoms. The lowest BCUT2D eigenvalue weighted by Crippen LogP contribution is -2.14. The number of furan rings is 1. The van der Waals surface area contributed by atoms with E-state index in [1.165, 1.54) is 5.56 Å². The van der Waals surface area contributed by atoms with E-state index >= 15 is 0 Å². The summed E-state index contributed by atoms with van der Waals surface area (Å²) in [5, 5.41) is 29.8. The number of nitriles is 2. The molecule has 1 aliphatic carbocycles. The lowest BCUT2D eigenvalue weighted by molar-refractivity contribution is 0.485. The Bertz CT molecular complexity index is 4050. The Morgan fingerprint density at radius 2 is 1.17 bits per heavy atom. The Labute approximate surface area is 360 Å². The smallest absolute Gasteiger partial charge is 0.145 e. The first-order valence-corrected chi connectivity index (χ1v) is 21.0. The zero-order valence-electron chi connectivity index (χ0n) is 33.8. The van der Waals surface area contributed by atoms with E-state index in [0.29, 0.717) is 33.9 Å². The van der Waals surface area contributed by atoms with Gasteiger partial charge in [-0.25, -0.2) is 0 Å². The predicted octanol–water partition coefficient (Wildman–Crippen LogP) is 13.9.